The van der Waals surface area contributed by atoms with Gasteiger partial charge in [-0.3, -0.25) is 4.79 Å². The number of anilines is 1. The van der Waals surface area contributed by atoms with Crippen molar-refractivity contribution in [1.29, 1.82) is 0 Å². The van der Waals surface area contributed by atoms with E-state index in [4.69, 9.17) is 4.74 Å². The molecule has 0 radical (unpaired) electrons. The lowest BCUT2D eigenvalue weighted by molar-refractivity contribution is 0.102. The van der Waals surface area contributed by atoms with E-state index in [1.54, 1.807) is 31.2 Å². The van der Waals surface area contributed by atoms with Gasteiger partial charge in [-0.1, -0.05) is 12.1 Å². The van der Waals surface area contributed by atoms with Gasteiger partial charge in [-0.05, 0) is 36.8 Å². The van der Waals surface area contributed by atoms with Crippen molar-refractivity contribution >= 4 is 21.4 Å². The molecule has 2 aromatic rings. The molecule has 0 aliphatic rings. The van der Waals surface area contributed by atoms with E-state index in [9.17, 15) is 17.6 Å². The number of hydrogen-bond acceptors (Lipinski definition) is 4. The van der Waals surface area contributed by atoms with E-state index in [0.717, 1.165) is 6.26 Å². The highest BCUT2D eigenvalue weighted by molar-refractivity contribution is 7.89. The van der Waals surface area contributed by atoms with Gasteiger partial charge in [-0.2, -0.15) is 0 Å². The van der Waals surface area contributed by atoms with Gasteiger partial charge in [0.2, 0.25) is 0 Å². The molecule has 0 aliphatic carbocycles. The quantitative estimate of drug-likeness (QED) is 0.868. The topological polar surface area (TPSA) is 72.5 Å². The second kappa shape index (κ2) is 7.44. The van der Waals surface area contributed by atoms with E-state index in [0.29, 0.717) is 23.4 Å². The Morgan fingerprint density at radius 1 is 1.17 bits per heavy atom. The van der Waals surface area contributed by atoms with Crippen LogP contribution in [0.4, 0.5) is 10.1 Å². The lowest BCUT2D eigenvalue weighted by Crippen LogP contribution is -2.13. The summed E-state index contributed by atoms with van der Waals surface area (Å²) in [4.78, 5) is 12.3. The van der Waals surface area contributed by atoms with Gasteiger partial charge in [-0.15, -0.1) is 0 Å². The summed E-state index contributed by atoms with van der Waals surface area (Å²) in [5, 5.41) is 2.66. The van der Waals surface area contributed by atoms with Crippen molar-refractivity contribution in [2.24, 2.45) is 0 Å². The van der Waals surface area contributed by atoms with Crippen molar-refractivity contribution in [3.63, 3.8) is 0 Å². The molecular weight excluding hydrogens is 333 g/mol. The van der Waals surface area contributed by atoms with E-state index < -0.39 is 21.6 Å². The molecule has 0 heterocycles. The second-order valence-corrected chi connectivity index (χ2v) is 7.43. The van der Waals surface area contributed by atoms with Crippen LogP contribution in [0.25, 0.3) is 0 Å². The molecule has 0 unspecified atom stereocenters. The predicted molar refractivity (Wildman–Crippen MR) is 90.5 cm³/mol. The third kappa shape index (κ3) is 5.06. The first-order chi connectivity index (χ1) is 11.3. The number of rotatable bonds is 6. The van der Waals surface area contributed by atoms with Crippen LogP contribution in [0.3, 0.4) is 0 Å². The molecule has 2 aromatic carbocycles. The van der Waals surface area contributed by atoms with Crippen LogP contribution in [-0.4, -0.2) is 27.2 Å². The first-order valence-electron chi connectivity index (χ1n) is 7.29. The van der Waals surface area contributed by atoms with E-state index in [1.165, 1.54) is 18.2 Å². The zero-order chi connectivity index (χ0) is 17.7. The van der Waals surface area contributed by atoms with E-state index in [1.807, 2.05) is 0 Å². The number of hydrogen-bond donors (Lipinski definition) is 1. The number of carbonyl (C=O) groups excluding carboxylic acids is 1. The Morgan fingerprint density at radius 3 is 2.42 bits per heavy atom. The molecule has 0 spiro atoms. The Labute approximate surface area is 140 Å². The maximum absolute atomic E-state index is 13.3. The minimum absolute atomic E-state index is 0.0820. The van der Waals surface area contributed by atoms with Crippen LogP contribution in [0.2, 0.25) is 0 Å². The SMILES string of the molecule is CCOc1cc(F)ccc1NC(=O)c1ccc(CS(C)(=O)=O)cc1. The summed E-state index contributed by atoms with van der Waals surface area (Å²) in [6, 6.07) is 10.1. The van der Waals surface area contributed by atoms with E-state index >= 15 is 0 Å². The van der Waals surface area contributed by atoms with Crippen molar-refractivity contribution in [2.45, 2.75) is 12.7 Å². The largest absolute Gasteiger partial charge is 0.492 e. The van der Waals surface area contributed by atoms with Gasteiger partial charge < -0.3 is 10.1 Å². The molecule has 0 saturated heterocycles. The third-order valence-corrected chi connectivity index (χ3v) is 3.99. The molecule has 24 heavy (non-hydrogen) atoms. The van der Waals surface area contributed by atoms with Crippen molar-refractivity contribution in [3.05, 3.63) is 59.4 Å². The Hall–Kier alpha value is -2.41. The zero-order valence-electron chi connectivity index (χ0n) is 13.4. The van der Waals surface area contributed by atoms with Crippen LogP contribution < -0.4 is 10.1 Å². The molecule has 7 heteroatoms. The molecule has 2 rings (SSSR count). The van der Waals surface area contributed by atoms with Gasteiger partial charge in [0.05, 0.1) is 18.0 Å². The third-order valence-electron chi connectivity index (χ3n) is 3.14. The molecule has 0 bridgehead atoms. The highest BCUT2D eigenvalue weighted by Crippen LogP contribution is 2.26. The molecule has 0 atom stereocenters. The Kier molecular flexibility index (Phi) is 5.56. The zero-order valence-corrected chi connectivity index (χ0v) is 14.2. The molecule has 1 N–H and O–H groups in total. The number of halogens is 1. The van der Waals surface area contributed by atoms with Crippen molar-refractivity contribution in [1.82, 2.24) is 0 Å². The highest BCUT2D eigenvalue weighted by atomic mass is 32.2. The fourth-order valence-corrected chi connectivity index (χ4v) is 2.92. The van der Waals surface area contributed by atoms with Crippen molar-refractivity contribution < 1.29 is 22.3 Å². The van der Waals surface area contributed by atoms with E-state index in [-0.39, 0.29) is 11.5 Å². The number of nitrogens with one attached hydrogen (secondary N) is 1. The molecule has 0 aliphatic heterocycles. The first kappa shape index (κ1) is 17.9. The summed E-state index contributed by atoms with van der Waals surface area (Å²) >= 11 is 0. The smallest absolute Gasteiger partial charge is 0.255 e. The predicted octanol–water partition coefficient (Wildman–Crippen LogP) is 3.02. The fourth-order valence-electron chi connectivity index (χ4n) is 2.12. The lowest BCUT2D eigenvalue weighted by Gasteiger charge is -2.12. The Morgan fingerprint density at radius 2 is 1.83 bits per heavy atom. The molecule has 1 amide bonds. The average Bonchev–Trinajstić information content (AvgIpc) is 2.49. The molecule has 0 saturated carbocycles. The first-order valence-corrected chi connectivity index (χ1v) is 9.35. The number of amides is 1. The summed E-state index contributed by atoms with van der Waals surface area (Å²) < 4.78 is 41.1. The van der Waals surface area contributed by atoms with Gasteiger partial charge in [0.25, 0.3) is 5.91 Å². The maximum Gasteiger partial charge on any atom is 0.255 e. The normalized spacial score (nSPS) is 11.1. The van der Waals surface area contributed by atoms with Crippen LogP contribution >= 0.6 is 0 Å². The van der Waals surface area contributed by atoms with Gasteiger partial charge in [-0.25, -0.2) is 12.8 Å². The van der Waals surface area contributed by atoms with Crippen LogP contribution in [0.15, 0.2) is 42.5 Å². The molecule has 0 fully saturated rings. The van der Waals surface area contributed by atoms with Gasteiger partial charge in [0.15, 0.2) is 9.84 Å². The van der Waals surface area contributed by atoms with Gasteiger partial charge in [0, 0.05) is 17.9 Å². The van der Waals surface area contributed by atoms with Gasteiger partial charge in [0.1, 0.15) is 11.6 Å². The summed E-state index contributed by atoms with van der Waals surface area (Å²) in [5.74, 6) is -0.684. The Bertz CT molecular complexity index is 832. The maximum atomic E-state index is 13.3. The highest BCUT2D eigenvalue weighted by Gasteiger charge is 2.12. The number of carbonyl (C=O) groups is 1. The number of ether oxygens (including phenoxy) is 1. The standard InChI is InChI=1S/C17H18FNO4S/c1-3-23-16-10-14(18)8-9-15(16)19-17(20)13-6-4-12(5-7-13)11-24(2,21)22/h4-10H,3,11H2,1-2H3,(H,19,20). The second-order valence-electron chi connectivity index (χ2n) is 5.29. The number of sulfone groups is 1. The van der Waals surface area contributed by atoms with Crippen LogP contribution in [0, 0.1) is 5.82 Å². The minimum Gasteiger partial charge on any atom is -0.492 e. The molecule has 5 nitrogen and oxygen atoms in total. The van der Waals surface area contributed by atoms with Crippen LogP contribution in [0.5, 0.6) is 5.75 Å². The Balaban J connectivity index is 2.15. The van der Waals surface area contributed by atoms with E-state index in [2.05, 4.69) is 5.32 Å². The average molecular weight is 351 g/mol. The van der Waals surface area contributed by atoms with Crippen molar-refractivity contribution in [2.75, 3.05) is 18.2 Å². The molecule has 128 valence electrons. The summed E-state index contributed by atoms with van der Waals surface area (Å²) in [7, 11) is -3.13. The lowest BCUT2D eigenvalue weighted by atomic mass is 10.1. The van der Waals surface area contributed by atoms with Gasteiger partial charge >= 0.3 is 0 Å². The number of benzene rings is 2. The fraction of sp³-hybridized carbons (Fsp3) is 0.235. The van der Waals surface area contributed by atoms with Crippen LogP contribution in [-0.2, 0) is 15.6 Å². The molecular formula is C17H18FNO4S. The molecule has 0 aromatic heterocycles. The van der Waals surface area contributed by atoms with Crippen molar-refractivity contribution in [3.8, 4) is 5.75 Å². The monoisotopic (exact) mass is 351 g/mol. The summed E-state index contributed by atoms with van der Waals surface area (Å²) in [6.45, 7) is 2.10. The minimum atomic E-state index is -3.13. The summed E-state index contributed by atoms with van der Waals surface area (Å²) in [5.41, 5.74) is 1.33. The van der Waals surface area contributed by atoms with Crippen LogP contribution in [0.1, 0.15) is 22.8 Å². The summed E-state index contributed by atoms with van der Waals surface area (Å²) in [6.07, 6.45) is 1.15.